The molecule has 2 aliphatic heterocycles. The quantitative estimate of drug-likeness (QED) is 0.796. The summed E-state index contributed by atoms with van der Waals surface area (Å²) in [5.41, 5.74) is 9.77. The molecule has 0 spiro atoms. The molecule has 2 saturated heterocycles. The van der Waals surface area contributed by atoms with Gasteiger partial charge in [-0.1, -0.05) is 29.8 Å². The van der Waals surface area contributed by atoms with Crippen LogP contribution in [0.4, 0.5) is 5.82 Å². The predicted molar refractivity (Wildman–Crippen MR) is 124 cm³/mol. The molecule has 1 aromatic heterocycles. The molecule has 0 aliphatic carbocycles. The van der Waals surface area contributed by atoms with Crippen molar-refractivity contribution in [2.75, 3.05) is 45.1 Å². The van der Waals surface area contributed by atoms with Crippen LogP contribution in [0.2, 0.25) is 0 Å². The number of pyridine rings is 1. The number of carbonyl (C=O) groups is 2. The van der Waals surface area contributed by atoms with E-state index in [4.69, 9.17) is 10.5 Å². The molecule has 0 radical (unpaired) electrons. The number of hydrogen-bond donors (Lipinski definition) is 1. The van der Waals surface area contributed by atoms with Crippen LogP contribution in [0.5, 0.6) is 0 Å². The molecule has 32 heavy (non-hydrogen) atoms. The molecular weight excluding hydrogens is 404 g/mol. The van der Waals surface area contributed by atoms with Crippen LogP contribution in [0.1, 0.15) is 58.8 Å². The number of ether oxygens (including phenoxy) is 1. The highest BCUT2D eigenvalue weighted by Gasteiger charge is 2.29. The lowest BCUT2D eigenvalue weighted by Gasteiger charge is -2.33. The number of carbonyl (C=O) groups excluding carboxylic acids is 2. The minimum absolute atomic E-state index is 0.0876. The molecule has 7 heteroatoms. The number of nitrogens with two attached hydrogens (primary N) is 1. The van der Waals surface area contributed by atoms with Crippen LogP contribution >= 0.6 is 0 Å². The highest BCUT2D eigenvalue weighted by atomic mass is 16.5. The maximum absolute atomic E-state index is 13.0. The molecule has 3 heterocycles. The van der Waals surface area contributed by atoms with Crippen LogP contribution in [0, 0.1) is 6.92 Å². The summed E-state index contributed by atoms with van der Waals surface area (Å²) in [5, 5.41) is 0. The van der Waals surface area contributed by atoms with Crippen molar-refractivity contribution in [1.29, 1.82) is 0 Å². The Morgan fingerprint density at radius 3 is 2.28 bits per heavy atom. The van der Waals surface area contributed by atoms with Crippen LogP contribution in [0.3, 0.4) is 0 Å². The predicted octanol–water partition coefficient (Wildman–Crippen LogP) is 2.95. The average Bonchev–Trinajstić information content (AvgIpc) is 2.84. The molecule has 0 unspecified atom stereocenters. The van der Waals surface area contributed by atoms with E-state index in [2.05, 4.69) is 17.1 Å². The van der Waals surface area contributed by atoms with Gasteiger partial charge in [-0.15, -0.1) is 0 Å². The average molecular weight is 437 g/mol. The summed E-state index contributed by atoms with van der Waals surface area (Å²) in [6.07, 6.45) is 1.69. The highest BCUT2D eigenvalue weighted by Crippen LogP contribution is 2.30. The first-order valence-electron chi connectivity index (χ1n) is 11.4. The highest BCUT2D eigenvalue weighted by molar-refractivity contribution is 5.98. The molecule has 2 N–H and O–H groups in total. The Kier molecular flexibility index (Phi) is 6.74. The largest absolute Gasteiger partial charge is 0.383 e. The molecule has 1 atom stereocenters. The molecule has 2 fully saturated rings. The zero-order valence-corrected chi connectivity index (χ0v) is 18.9. The van der Waals surface area contributed by atoms with Crippen LogP contribution in [-0.2, 0) is 9.53 Å². The number of likely N-dealkylation sites (tertiary alicyclic amines) is 1. The fourth-order valence-corrected chi connectivity index (χ4v) is 4.50. The minimum atomic E-state index is -0.147. The molecule has 2 aromatic rings. The lowest BCUT2D eigenvalue weighted by Crippen LogP contribution is -2.41. The van der Waals surface area contributed by atoms with Gasteiger partial charge in [-0.3, -0.25) is 9.59 Å². The molecular formula is C25H32N4O3. The fraction of sp³-hybridized carbons (Fsp3) is 0.480. The topological polar surface area (TPSA) is 88.8 Å². The van der Waals surface area contributed by atoms with Crippen molar-refractivity contribution in [2.24, 2.45) is 0 Å². The number of piperidine rings is 1. The summed E-state index contributed by atoms with van der Waals surface area (Å²) in [6, 6.07) is 11.9. The third-order valence-electron chi connectivity index (χ3n) is 6.65. The number of nitrogens with zero attached hydrogens (tertiary/aromatic N) is 3. The van der Waals surface area contributed by atoms with Crippen molar-refractivity contribution in [2.45, 2.75) is 38.5 Å². The van der Waals surface area contributed by atoms with E-state index in [1.807, 2.05) is 36.9 Å². The lowest BCUT2D eigenvalue weighted by atomic mass is 9.91. The smallest absolute Gasteiger partial charge is 0.257 e. The van der Waals surface area contributed by atoms with Gasteiger partial charge < -0.3 is 20.3 Å². The Morgan fingerprint density at radius 1 is 1.00 bits per heavy atom. The second kappa shape index (κ2) is 9.69. The van der Waals surface area contributed by atoms with Gasteiger partial charge in [0.15, 0.2) is 0 Å². The third-order valence-corrected chi connectivity index (χ3v) is 6.65. The minimum Gasteiger partial charge on any atom is -0.383 e. The molecule has 2 amide bonds. The molecule has 170 valence electrons. The maximum Gasteiger partial charge on any atom is 0.257 e. The second-order valence-electron chi connectivity index (χ2n) is 8.81. The first-order valence-corrected chi connectivity index (χ1v) is 11.4. The van der Waals surface area contributed by atoms with Gasteiger partial charge in [0, 0.05) is 37.8 Å². The van der Waals surface area contributed by atoms with Crippen LogP contribution in [-0.4, -0.2) is 66.0 Å². The number of rotatable bonds is 4. The van der Waals surface area contributed by atoms with E-state index in [-0.39, 0.29) is 29.5 Å². The standard InChI is InChI=1S/C25H32N4O3/c1-17-3-5-19(6-4-17)18(2)24(30)28-11-9-20(10-12-28)22-8-7-21(23(26)27-22)25(31)29-13-15-32-16-14-29/h3-8,18,20H,9-16H2,1-2H3,(H2,26,27)/t18-/m1/s1. The van der Waals surface area contributed by atoms with Gasteiger partial charge in [-0.25, -0.2) is 4.98 Å². The Hall–Kier alpha value is -2.93. The fourth-order valence-electron chi connectivity index (χ4n) is 4.50. The zero-order chi connectivity index (χ0) is 22.7. The van der Waals surface area contributed by atoms with Crippen molar-refractivity contribution in [3.63, 3.8) is 0 Å². The number of morpholine rings is 1. The van der Waals surface area contributed by atoms with E-state index in [1.165, 1.54) is 5.56 Å². The van der Waals surface area contributed by atoms with E-state index in [9.17, 15) is 9.59 Å². The van der Waals surface area contributed by atoms with Gasteiger partial charge >= 0.3 is 0 Å². The van der Waals surface area contributed by atoms with E-state index < -0.39 is 0 Å². The summed E-state index contributed by atoms with van der Waals surface area (Å²) in [5.74, 6) is 0.460. The van der Waals surface area contributed by atoms with Crippen molar-refractivity contribution in [3.05, 3.63) is 58.8 Å². The summed E-state index contributed by atoms with van der Waals surface area (Å²) < 4.78 is 5.32. The van der Waals surface area contributed by atoms with E-state index in [0.29, 0.717) is 45.0 Å². The summed E-state index contributed by atoms with van der Waals surface area (Å²) in [4.78, 5) is 34.0. The summed E-state index contributed by atoms with van der Waals surface area (Å²) >= 11 is 0. The monoisotopic (exact) mass is 436 g/mol. The van der Waals surface area contributed by atoms with Crippen molar-refractivity contribution < 1.29 is 14.3 Å². The van der Waals surface area contributed by atoms with Gasteiger partial charge in [-0.05, 0) is 44.4 Å². The number of aromatic nitrogens is 1. The number of aryl methyl sites for hydroxylation is 1. The van der Waals surface area contributed by atoms with Gasteiger partial charge in [0.25, 0.3) is 5.91 Å². The number of nitrogen functional groups attached to an aromatic ring is 1. The number of benzene rings is 1. The van der Waals surface area contributed by atoms with E-state index in [1.54, 1.807) is 11.0 Å². The van der Waals surface area contributed by atoms with Crippen LogP contribution in [0.25, 0.3) is 0 Å². The van der Waals surface area contributed by atoms with Crippen LogP contribution in [0.15, 0.2) is 36.4 Å². The SMILES string of the molecule is Cc1ccc([C@@H](C)C(=O)N2CCC(c3ccc(C(=O)N4CCOCC4)c(N)n3)CC2)cc1. The van der Waals surface area contributed by atoms with Crippen molar-refractivity contribution >= 4 is 17.6 Å². The number of hydrogen-bond acceptors (Lipinski definition) is 5. The van der Waals surface area contributed by atoms with Gasteiger partial charge in [0.2, 0.25) is 5.91 Å². The second-order valence-corrected chi connectivity index (χ2v) is 8.81. The first-order chi connectivity index (χ1) is 15.4. The molecule has 1 aromatic carbocycles. The van der Waals surface area contributed by atoms with Gasteiger partial charge in [0.05, 0.1) is 24.7 Å². The zero-order valence-electron chi connectivity index (χ0n) is 18.9. The molecule has 7 nitrogen and oxygen atoms in total. The Morgan fingerprint density at radius 2 is 1.66 bits per heavy atom. The Bertz CT molecular complexity index is 962. The van der Waals surface area contributed by atoms with Crippen LogP contribution < -0.4 is 5.73 Å². The molecule has 2 aliphatic rings. The first kappa shape index (κ1) is 22.3. The molecule has 0 saturated carbocycles. The van der Waals surface area contributed by atoms with Gasteiger partial charge in [-0.2, -0.15) is 0 Å². The molecule has 4 rings (SSSR count). The normalized spacial score (nSPS) is 18.4. The third kappa shape index (κ3) is 4.78. The van der Waals surface area contributed by atoms with Crippen molar-refractivity contribution in [3.8, 4) is 0 Å². The lowest BCUT2D eigenvalue weighted by molar-refractivity contribution is -0.133. The van der Waals surface area contributed by atoms with Gasteiger partial charge in [0.1, 0.15) is 5.82 Å². The summed E-state index contributed by atoms with van der Waals surface area (Å²) in [7, 11) is 0. The Balaban J connectivity index is 1.36. The van der Waals surface area contributed by atoms with Crippen molar-refractivity contribution in [1.82, 2.24) is 14.8 Å². The van der Waals surface area contributed by atoms with E-state index in [0.717, 1.165) is 24.1 Å². The van der Waals surface area contributed by atoms with E-state index >= 15 is 0 Å². The summed E-state index contributed by atoms with van der Waals surface area (Å²) in [6.45, 7) is 7.69. The number of anilines is 1. The number of amides is 2. The maximum atomic E-state index is 13.0. The molecule has 0 bridgehead atoms. The Labute approximate surface area is 189 Å².